The fourth-order valence-corrected chi connectivity index (χ4v) is 1.59. The average Bonchev–Trinajstić information content (AvgIpc) is 2.84. The van der Waals surface area contributed by atoms with Crippen LogP contribution in [0.3, 0.4) is 0 Å². The first-order valence-electron chi connectivity index (χ1n) is 5.26. The van der Waals surface area contributed by atoms with E-state index in [-0.39, 0.29) is 12.6 Å². The highest BCUT2D eigenvalue weighted by Crippen LogP contribution is 2.11. The van der Waals surface area contributed by atoms with E-state index in [9.17, 15) is 5.11 Å². The molecule has 1 aromatic carbocycles. The van der Waals surface area contributed by atoms with Crippen molar-refractivity contribution >= 4 is 0 Å². The lowest BCUT2D eigenvalue weighted by Gasteiger charge is -2.15. The summed E-state index contributed by atoms with van der Waals surface area (Å²) >= 11 is 0. The Kier molecular flexibility index (Phi) is 3.69. The van der Waals surface area contributed by atoms with Crippen molar-refractivity contribution in [2.24, 2.45) is 0 Å². The monoisotopic (exact) mass is 217 g/mol. The van der Waals surface area contributed by atoms with Crippen LogP contribution >= 0.6 is 0 Å². The first-order chi connectivity index (χ1) is 7.90. The molecule has 0 radical (unpaired) electrons. The van der Waals surface area contributed by atoms with Crippen LogP contribution in [0.5, 0.6) is 0 Å². The number of aromatic nitrogens is 2. The molecule has 2 aromatic rings. The van der Waals surface area contributed by atoms with E-state index in [4.69, 9.17) is 0 Å². The van der Waals surface area contributed by atoms with E-state index in [1.54, 1.807) is 12.5 Å². The number of hydrogen-bond acceptors (Lipinski definition) is 3. The molecule has 16 heavy (non-hydrogen) atoms. The summed E-state index contributed by atoms with van der Waals surface area (Å²) in [7, 11) is 0. The predicted molar refractivity (Wildman–Crippen MR) is 61.7 cm³/mol. The molecule has 0 saturated heterocycles. The largest absolute Gasteiger partial charge is 0.394 e. The number of hydrogen-bond donors (Lipinski definition) is 3. The SMILES string of the molecule is OCC(NCc1cnc[nH]1)c1ccccc1. The molecule has 0 aliphatic carbocycles. The summed E-state index contributed by atoms with van der Waals surface area (Å²) in [5.74, 6) is 0. The third-order valence-electron chi connectivity index (χ3n) is 2.48. The number of nitrogens with one attached hydrogen (secondary N) is 2. The molecule has 2 rings (SSSR count). The van der Waals surface area contributed by atoms with E-state index in [0.717, 1.165) is 11.3 Å². The molecule has 4 nitrogen and oxygen atoms in total. The second-order valence-corrected chi connectivity index (χ2v) is 3.60. The van der Waals surface area contributed by atoms with E-state index in [1.165, 1.54) is 0 Å². The highest BCUT2D eigenvalue weighted by molar-refractivity contribution is 5.19. The van der Waals surface area contributed by atoms with E-state index < -0.39 is 0 Å². The number of benzene rings is 1. The lowest BCUT2D eigenvalue weighted by Crippen LogP contribution is -2.24. The number of H-pyrrole nitrogens is 1. The van der Waals surface area contributed by atoms with Gasteiger partial charge in [0.2, 0.25) is 0 Å². The standard InChI is InChI=1S/C12H15N3O/c16-8-12(10-4-2-1-3-5-10)14-7-11-6-13-9-15-11/h1-6,9,12,14,16H,7-8H2,(H,13,15). The molecule has 0 spiro atoms. The van der Waals surface area contributed by atoms with Crippen LogP contribution in [0, 0.1) is 0 Å². The van der Waals surface area contributed by atoms with Crippen LogP contribution in [-0.2, 0) is 6.54 Å². The zero-order valence-corrected chi connectivity index (χ0v) is 8.93. The van der Waals surface area contributed by atoms with Crippen LogP contribution in [0.4, 0.5) is 0 Å². The van der Waals surface area contributed by atoms with Crippen molar-refractivity contribution in [2.45, 2.75) is 12.6 Å². The second-order valence-electron chi connectivity index (χ2n) is 3.60. The van der Waals surface area contributed by atoms with E-state index in [2.05, 4.69) is 15.3 Å². The van der Waals surface area contributed by atoms with E-state index in [0.29, 0.717) is 6.54 Å². The first-order valence-corrected chi connectivity index (χ1v) is 5.26. The molecule has 0 bridgehead atoms. The Labute approximate surface area is 94.4 Å². The summed E-state index contributed by atoms with van der Waals surface area (Å²) in [5.41, 5.74) is 2.10. The van der Waals surface area contributed by atoms with Crippen molar-refractivity contribution in [3.8, 4) is 0 Å². The van der Waals surface area contributed by atoms with Gasteiger partial charge >= 0.3 is 0 Å². The van der Waals surface area contributed by atoms with Crippen LogP contribution in [-0.4, -0.2) is 21.7 Å². The molecule has 1 unspecified atom stereocenters. The fourth-order valence-electron chi connectivity index (χ4n) is 1.59. The number of rotatable bonds is 5. The van der Waals surface area contributed by atoms with Gasteiger partial charge in [-0.2, -0.15) is 0 Å². The van der Waals surface area contributed by atoms with Crippen molar-refractivity contribution in [1.82, 2.24) is 15.3 Å². The summed E-state index contributed by atoms with van der Waals surface area (Å²) < 4.78 is 0. The van der Waals surface area contributed by atoms with E-state index >= 15 is 0 Å². The molecule has 1 aromatic heterocycles. The highest BCUT2D eigenvalue weighted by Gasteiger charge is 2.08. The molecule has 0 amide bonds. The zero-order valence-electron chi connectivity index (χ0n) is 8.93. The summed E-state index contributed by atoms with van der Waals surface area (Å²) in [6.07, 6.45) is 3.42. The minimum Gasteiger partial charge on any atom is -0.394 e. The zero-order chi connectivity index (χ0) is 11.2. The van der Waals surface area contributed by atoms with Crippen molar-refractivity contribution in [2.75, 3.05) is 6.61 Å². The van der Waals surface area contributed by atoms with Gasteiger partial charge in [0.25, 0.3) is 0 Å². The van der Waals surface area contributed by atoms with Gasteiger partial charge in [-0.15, -0.1) is 0 Å². The Bertz CT molecular complexity index is 399. The number of aromatic amines is 1. The lowest BCUT2D eigenvalue weighted by molar-refractivity contribution is 0.243. The van der Waals surface area contributed by atoms with Crippen LogP contribution in [0.15, 0.2) is 42.9 Å². The van der Waals surface area contributed by atoms with Crippen molar-refractivity contribution < 1.29 is 5.11 Å². The van der Waals surface area contributed by atoms with Gasteiger partial charge in [-0.3, -0.25) is 0 Å². The Morgan fingerprint density at radius 3 is 2.75 bits per heavy atom. The smallest absolute Gasteiger partial charge is 0.0922 e. The highest BCUT2D eigenvalue weighted by atomic mass is 16.3. The van der Waals surface area contributed by atoms with Crippen molar-refractivity contribution in [1.29, 1.82) is 0 Å². The Balaban J connectivity index is 1.96. The molecule has 3 N–H and O–H groups in total. The number of aliphatic hydroxyl groups is 1. The molecule has 0 fully saturated rings. The molecule has 84 valence electrons. The van der Waals surface area contributed by atoms with Gasteiger partial charge in [0.15, 0.2) is 0 Å². The maximum absolute atomic E-state index is 9.32. The maximum Gasteiger partial charge on any atom is 0.0922 e. The summed E-state index contributed by atoms with van der Waals surface area (Å²) in [6, 6.07) is 9.87. The number of aliphatic hydroxyl groups excluding tert-OH is 1. The summed E-state index contributed by atoms with van der Waals surface area (Å²) in [6.45, 7) is 0.748. The minimum atomic E-state index is -0.0375. The second kappa shape index (κ2) is 5.44. The van der Waals surface area contributed by atoms with Crippen LogP contribution in [0.1, 0.15) is 17.3 Å². The molecule has 0 saturated carbocycles. The average molecular weight is 217 g/mol. The van der Waals surface area contributed by atoms with Gasteiger partial charge < -0.3 is 15.4 Å². The van der Waals surface area contributed by atoms with Gasteiger partial charge in [-0.1, -0.05) is 30.3 Å². The Morgan fingerprint density at radius 1 is 1.31 bits per heavy atom. The summed E-state index contributed by atoms with van der Waals surface area (Å²) in [4.78, 5) is 6.95. The quantitative estimate of drug-likeness (QED) is 0.706. The van der Waals surface area contributed by atoms with Crippen LogP contribution in [0.25, 0.3) is 0 Å². The van der Waals surface area contributed by atoms with Crippen LogP contribution < -0.4 is 5.32 Å². The van der Waals surface area contributed by atoms with E-state index in [1.807, 2.05) is 30.3 Å². The molecular formula is C12H15N3O. The molecule has 0 aliphatic rings. The van der Waals surface area contributed by atoms with Gasteiger partial charge in [0, 0.05) is 18.4 Å². The Hall–Kier alpha value is -1.65. The third-order valence-corrected chi connectivity index (χ3v) is 2.48. The van der Waals surface area contributed by atoms with Crippen molar-refractivity contribution in [3.63, 3.8) is 0 Å². The lowest BCUT2D eigenvalue weighted by atomic mass is 10.1. The summed E-state index contributed by atoms with van der Waals surface area (Å²) in [5, 5.41) is 12.6. The maximum atomic E-state index is 9.32. The van der Waals surface area contributed by atoms with Gasteiger partial charge in [-0.25, -0.2) is 4.98 Å². The molecular weight excluding hydrogens is 202 g/mol. The fraction of sp³-hybridized carbons (Fsp3) is 0.250. The minimum absolute atomic E-state index is 0.0375. The van der Waals surface area contributed by atoms with Gasteiger partial charge in [0.05, 0.1) is 19.0 Å². The topological polar surface area (TPSA) is 60.9 Å². The molecule has 4 heteroatoms. The predicted octanol–water partition coefficient (Wildman–Crippen LogP) is 1.23. The third kappa shape index (κ3) is 2.68. The van der Waals surface area contributed by atoms with Crippen LogP contribution in [0.2, 0.25) is 0 Å². The van der Waals surface area contributed by atoms with Gasteiger partial charge in [0.1, 0.15) is 0 Å². The number of imidazole rings is 1. The molecule has 0 aliphatic heterocycles. The molecule has 1 heterocycles. The number of nitrogens with zero attached hydrogens (tertiary/aromatic N) is 1. The molecule has 1 atom stereocenters. The Morgan fingerprint density at radius 2 is 2.12 bits per heavy atom. The van der Waals surface area contributed by atoms with Gasteiger partial charge in [-0.05, 0) is 5.56 Å². The normalized spacial score (nSPS) is 12.6. The van der Waals surface area contributed by atoms with Crippen molar-refractivity contribution in [3.05, 3.63) is 54.1 Å². The first kappa shape index (κ1) is 10.9.